The van der Waals surface area contributed by atoms with E-state index < -0.39 is 57.8 Å². The second-order valence-electron chi connectivity index (χ2n) is 11.2. The van der Waals surface area contributed by atoms with Gasteiger partial charge in [-0.25, -0.2) is 9.18 Å². The number of nitro benzene ring substituents is 1. The van der Waals surface area contributed by atoms with Crippen molar-refractivity contribution >= 4 is 17.3 Å². The second-order valence-corrected chi connectivity index (χ2v) is 11.2. The SMILES string of the molecule is Cc1c(N2CCN(Cc3cccc([N+](=O)[O-])c3)C(=O)C2)c(=O)n(CC(N)c2ccccc2)c(=O)n1Cc1c(F)cccc1C(F)(F)F. The molecule has 4 aromatic rings. The molecule has 0 radical (unpaired) electrons. The Labute approximate surface area is 265 Å². The molecule has 1 aliphatic rings. The molecular formula is C32H30F4N6O5. The zero-order valence-corrected chi connectivity index (χ0v) is 25.1. The molecule has 1 aromatic heterocycles. The fraction of sp³-hybridized carbons (Fsp3) is 0.281. The van der Waals surface area contributed by atoms with Crippen molar-refractivity contribution in [1.29, 1.82) is 0 Å². The van der Waals surface area contributed by atoms with Gasteiger partial charge >= 0.3 is 11.9 Å². The number of aromatic nitrogens is 2. The maximum atomic E-state index is 14.9. The number of piperazine rings is 1. The number of amides is 1. The van der Waals surface area contributed by atoms with Crippen molar-refractivity contribution in [2.75, 3.05) is 24.5 Å². The Bertz CT molecular complexity index is 1940. The highest BCUT2D eigenvalue weighted by Gasteiger charge is 2.35. The van der Waals surface area contributed by atoms with Crippen LogP contribution in [0.15, 0.2) is 82.4 Å². The number of anilines is 1. The Hall–Kier alpha value is -5.31. The van der Waals surface area contributed by atoms with Gasteiger partial charge in [-0.1, -0.05) is 48.5 Å². The average molecular weight is 655 g/mol. The van der Waals surface area contributed by atoms with Crippen LogP contribution in [0.5, 0.6) is 0 Å². The molecule has 0 aliphatic carbocycles. The van der Waals surface area contributed by atoms with Crippen molar-refractivity contribution in [3.63, 3.8) is 0 Å². The summed E-state index contributed by atoms with van der Waals surface area (Å²) in [6, 6.07) is 16.0. The van der Waals surface area contributed by atoms with Crippen LogP contribution in [0.2, 0.25) is 0 Å². The van der Waals surface area contributed by atoms with Crippen LogP contribution >= 0.6 is 0 Å². The lowest BCUT2D eigenvalue weighted by atomic mass is 10.1. The van der Waals surface area contributed by atoms with Crippen molar-refractivity contribution in [2.45, 2.75) is 38.8 Å². The first kappa shape index (κ1) is 33.1. The van der Waals surface area contributed by atoms with Gasteiger partial charge < -0.3 is 15.5 Å². The Morgan fingerprint density at radius 2 is 1.64 bits per heavy atom. The monoisotopic (exact) mass is 654 g/mol. The quantitative estimate of drug-likeness (QED) is 0.164. The van der Waals surface area contributed by atoms with Gasteiger partial charge in [0.15, 0.2) is 0 Å². The van der Waals surface area contributed by atoms with E-state index in [9.17, 15) is 42.1 Å². The summed E-state index contributed by atoms with van der Waals surface area (Å²) in [6.07, 6.45) is -4.93. The van der Waals surface area contributed by atoms with E-state index in [0.29, 0.717) is 17.2 Å². The summed E-state index contributed by atoms with van der Waals surface area (Å²) < 4.78 is 58.3. The number of benzene rings is 3. The topological polar surface area (TPSA) is 137 Å². The van der Waals surface area contributed by atoms with Crippen molar-refractivity contribution in [1.82, 2.24) is 14.0 Å². The second kappa shape index (κ2) is 13.2. The van der Waals surface area contributed by atoms with Gasteiger partial charge in [-0.05, 0) is 30.2 Å². The van der Waals surface area contributed by atoms with Gasteiger partial charge in [0.05, 0.1) is 30.1 Å². The van der Waals surface area contributed by atoms with E-state index >= 15 is 0 Å². The molecule has 3 aromatic carbocycles. The van der Waals surface area contributed by atoms with Gasteiger partial charge in [-0.3, -0.25) is 28.8 Å². The molecular weight excluding hydrogens is 624 g/mol. The number of halogens is 4. The standard InChI is InChI=1S/C32H30F4N6O5/c1-20-29(39-14-13-38(28(43)19-39)16-21-7-5-10-23(15-21)42(46)47)30(44)41(18-27(37)22-8-3-2-4-9-22)31(45)40(20)17-24-25(32(34,35)36)11-6-12-26(24)33/h2-12,15,27H,13-14,16-19,37H2,1H3. The summed E-state index contributed by atoms with van der Waals surface area (Å²) in [6.45, 7) is 0.0766. The fourth-order valence-electron chi connectivity index (χ4n) is 5.70. The van der Waals surface area contributed by atoms with Crippen LogP contribution in [0.4, 0.5) is 28.9 Å². The van der Waals surface area contributed by atoms with Crippen LogP contribution in [0, 0.1) is 22.9 Å². The highest BCUT2D eigenvalue weighted by atomic mass is 19.4. The van der Waals surface area contributed by atoms with Gasteiger partial charge in [0, 0.05) is 49.1 Å². The van der Waals surface area contributed by atoms with E-state index in [0.717, 1.165) is 21.3 Å². The predicted molar refractivity (Wildman–Crippen MR) is 164 cm³/mol. The lowest BCUT2D eigenvalue weighted by molar-refractivity contribution is -0.384. The van der Waals surface area contributed by atoms with Crippen LogP contribution in [-0.2, 0) is 30.6 Å². The summed E-state index contributed by atoms with van der Waals surface area (Å²) in [4.78, 5) is 54.6. The van der Waals surface area contributed by atoms with Crippen molar-refractivity contribution in [3.05, 3.63) is 138 Å². The summed E-state index contributed by atoms with van der Waals surface area (Å²) in [5.41, 5.74) is 3.30. The van der Waals surface area contributed by atoms with Gasteiger partial charge in [0.1, 0.15) is 11.5 Å². The third-order valence-corrected chi connectivity index (χ3v) is 8.13. The summed E-state index contributed by atoms with van der Waals surface area (Å²) in [7, 11) is 0. The molecule has 1 unspecified atom stereocenters. The lowest BCUT2D eigenvalue weighted by Gasteiger charge is -2.36. The summed E-state index contributed by atoms with van der Waals surface area (Å²) in [5.74, 6) is -1.61. The molecule has 11 nitrogen and oxygen atoms in total. The number of carbonyl (C=O) groups excluding carboxylic acids is 1. The van der Waals surface area contributed by atoms with Crippen LogP contribution in [0.25, 0.3) is 0 Å². The average Bonchev–Trinajstić information content (AvgIpc) is 3.03. The summed E-state index contributed by atoms with van der Waals surface area (Å²) >= 11 is 0. The molecule has 2 N–H and O–H groups in total. The zero-order chi connectivity index (χ0) is 34.0. The molecule has 1 fully saturated rings. The number of hydrogen-bond acceptors (Lipinski definition) is 7. The van der Waals surface area contributed by atoms with Gasteiger partial charge in [0.25, 0.3) is 11.2 Å². The van der Waals surface area contributed by atoms with Gasteiger partial charge in [-0.15, -0.1) is 0 Å². The first-order valence-electron chi connectivity index (χ1n) is 14.5. The maximum Gasteiger partial charge on any atom is 0.416 e. The molecule has 2 heterocycles. The Balaban J connectivity index is 1.55. The summed E-state index contributed by atoms with van der Waals surface area (Å²) in [5, 5.41) is 11.2. The first-order valence-corrected chi connectivity index (χ1v) is 14.5. The lowest BCUT2D eigenvalue weighted by Crippen LogP contribution is -2.53. The van der Waals surface area contributed by atoms with Crippen molar-refractivity contribution < 1.29 is 27.3 Å². The number of nitrogens with zero attached hydrogens (tertiary/aromatic N) is 5. The number of alkyl halides is 3. The molecule has 1 saturated heterocycles. The number of nitrogens with two attached hydrogens (primary N) is 1. The Morgan fingerprint density at radius 1 is 0.936 bits per heavy atom. The van der Waals surface area contributed by atoms with Crippen molar-refractivity contribution in [3.8, 4) is 0 Å². The smallest absolute Gasteiger partial charge is 0.355 e. The molecule has 0 bridgehead atoms. The Kier molecular flexibility index (Phi) is 9.28. The van der Waals surface area contributed by atoms with E-state index in [-0.39, 0.29) is 49.8 Å². The number of hydrogen-bond donors (Lipinski definition) is 1. The number of carbonyl (C=O) groups is 1. The maximum absolute atomic E-state index is 14.9. The van der Waals surface area contributed by atoms with Crippen LogP contribution < -0.4 is 21.9 Å². The zero-order valence-electron chi connectivity index (χ0n) is 25.1. The minimum atomic E-state index is -4.93. The van der Waals surface area contributed by atoms with E-state index in [1.165, 1.54) is 34.9 Å². The largest absolute Gasteiger partial charge is 0.416 e. The third-order valence-electron chi connectivity index (χ3n) is 8.13. The van der Waals surface area contributed by atoms with Gasteiger partial charge in [-0.2, -0.15) is 13.2 Å². The predicted octanol–water partition coefficient (Wildman–Crippen LogP) is 3.98. The molecule has 1 amide bonds. The minimum Gasteiger partial charge on any atom is -0.355 e. The number of non-ortho nitro benzene ring substituents is 1. The van der Waals surface area contributed by atoms with E-state index in [1.807, 2.05) is 0 Å². The van der Waals surface area contributed by atoms with Crippen LogP contribution in [-0.4, -0.2) is 44.5 Å². The van der Waals surface area contributed by atoms with E-state index in [2.05, 4.69) is 0 Å². The highest BCUT2D eigenvalue weighted by molar-refractivity contribution is 5.83. The van der Waals surface area contributed by atoms with Gasteiger partial charge in [0.2, 0.25) is 5.91 Å². The van der Waals surface area contributed by atoms with Crippen molar-refractivity contribution in [2.24, 2.45) is 5.73 Å². The normalized spacial score (nSPS) is 14.4. The molecule has 15 heteroatoms. The fourth-order valence-corrected chi connectivity index (χ4v) is 5.70. The molecule has 1 aliphatic heterocycles. The molecule has 1 atom stereocenters. The number of nitro groups is 1. The van der Waals surface area contributed by atoms with E-state index in [4.69, 9.17) is 5.73 Å². The van der Waals surface area contributed by atoms with Crippen LogP contribution in [0.3, 0.4) is 0 Å². The molecule has 47 heavy (non-hydrogen) atoms. The van der Waals surface area contributed by atoms with Crippen LogP contribution in [0.1, 0.15) is 34.0 Å². The third kappa shape index (κ3) is 6.94. The first-order chi connectivity index (χ1) is 22.3. The molecule has 246 valence electrons. The Morgan fingerprint density at radius 3 is 2.30 bits per heavy atom. The van der Waals surface area contributed by atoms with E-state index in [1.54, 1.807) is 36.4 Å². The highest BCUT2D eigenvalue weighted by Crippen LogP contribution is 2.33. The minimum absolute atomic E-state index is 0.0548. The molecule has 0 saturated carbocycles. The molecule has 5 rings (SSSR count). The number of rotatable bonds is 9. The molecule has 0 spiro atoms.